The van der Waals surface area contributed by atoms with Crippen LogP contribution >= 0.6 is 11.3 Å². The van der Waals surface area contributed by atoms with Gasteiger partial charge in [-0.2, -0.15) is 0 Å². The zero-order valence-electron chi connectivity index (χ0n) is 16.5. The fourth-order valence-corrected chi connectivity index (χ4v) is 4.94. The second-order valence-corrected chi connectivity index (χ2v) is 8.21. The average molecular weight is 381 g/mol. The summed E-state index contributed by atoms with van der Waals surface area (Å²) in [4.78, 5) is 28.5. The third-order valence-corrected chi connectivity index (χ3v) is 5.86. The van der Waals surface area contributed by atoms with Crippen LogP contribution in [0.3, 0.4) is 0 Å². The number of carbonyl (C=O) groups excluding carboxylic acids is 2. The van der Waals surface area contributed by atoms with Crippen LogP contribution in [0.25, 0.3) is 0 Å². The molecule has 1 amide bonds. The first-order chi connectivity index (χ1) is 12.5. The van der Waals surface area contributed by atoms with E-state index in [1.54, 1.807) is 11.3 Å². The van der Waals surface area contributed by atoms with E-state index in [2.05, 4.69) is 31.0 Å². The van der Waals surface area contributed by atoms with Crippen LogP contribution in [0.4, 0.5) is 5.00 Å². The van der Waals surface area contributed by atoms with Crippen LogP contribution in [-0.2, 0) is 22.4 Å². The van der Waals surface area contributed by atoms with E-state index in [4.69, 9.17) is 4.74 Å². The highest BCUT2D eigenvalue weighted by Gasteiger charge is 2.29. The molecule has 0 spiro atoms. The molecule has 1 aromatic rings. The van der Waals surface area contributed by atoms with Gasteiger partial charge in [-0.25, -0.2) is 4.79 Å². The molecule has 1 heterocycles. The number of nitrogens with one attached hydrogen (secondary N) is 1. The molecule has 2 rings (SSSR count). The highest BCUT2D eigenvalue weighted by atomic mass is 32.1. The predicted molar refractivity (Wildman–Crippen MR) is 107 cm³/mol. The van der Waals surface area contributed by atoms with Crippen molar-refractivity contribution in [3.63, 3.8) is 0 Å². The molecule has 1 atom stereocenters. The van der Waals surface area contributed by atoms with Gasteiger partial charge in [0.15, 0.2) is 0 Å². The number of ether oxygens (including phenoxy) is 1. The zero-order chi connectivity index (χ0) is 19.1. The Hall–Kier alpha value is -1.40. The number of nitrogens with zero attached hydrogens (tertiary/aromatic N) is 1. The lowest BCUT2D eigenvalue weighted by Crippen LogP contribution is -2.34. The Morgan fingerprint density at radius 3 is 2.54 bits per heavy atom. The maximum Gasteiger partial charge on any atom is 0.341 e. The van der Waals surface area contributed by atoms with Crippen molar-refractivity contribution < 1.29 is 14.3 Å². The molecule has 0 fully saturated rings. The van der Waals surface area contributed by atoms with Gasteiger partial charge < -0.3 is 10.1 Å². The van der Waals surface area contributed by atoms with Crippen LogP contribution in [0.2, 0.25) is 0 Å². The van der Waals surface area contributed by atoms with Crippen molar-refractivity contribution in [3.05, 3.63) is 16.0 Å². The van der Waals surface area contributed by atoms with Gasteiger partial charge in [0.25, 0.3) is 0 Å². The Morgan fingerprint density at radius 1 is 1.23 bits per heavy atom. The van der Waals surface area contributed by atoms with E-state index in [1.807, 2.05) is 6.92 Å². The normalized spacial score (nSPS) is 16.4. The van der Waals surface area contributed by atoms with Crippen molar-refractivity contribution in [2.24, 2.45) is 5.92 Å². The zero-order valence-corrected chi connectivity index (χ0v) is 17.3. The van der Waals surface area contributed by atoms with Gasteiger partial charge in [0.05, 0.1) is 18.7 Å². The predicted octanol–water partition coefficient (Wildman–Crippen LogP) is 4.11. The molecule has 1 aliphatic carbocycles. The fourth-order valence-electron chi connectivity index (χ4n) is 3.53. The van der Waals surface area contributed by atoms with Crippen molar-refractivity contribution in [1.82, 2.24) is 4.90 Å². The number of hydrogen-bond acceptors (Lipinski definition) is 5. The molecule has 1 N–H and O–H groups in total. The van der Waals surface area contributed by atoms with E-state index < -0.39 is 0 Å². The van der Waals surface area contributed by atoms with Crippen molar-refractivity contribution >= 4 is 28.2 Å². The summed E-state index contributed by atoms with van der Waals surface area (Å²) in [6.07, 6.45) is 4.97. The molecule has 6 heteroatoms. The Bertz CT molecular complexity index is 621. The molecule has 146 valence electrons. The number of thiophene rings is 1. The third-order valence-electron chi connectivity index (χ3n) is 4.69. The largest absolute Gasteiger partial charge is 0.462 e. The van der Waals surface area contributed by atoms with Gasteiger partial charge in [-0.05, 0) is 63.6 Å². The maximum atomic E-state index is 12.6. The van der Waals surface area contributed by atoms with Gasteiger partial charge in [-0.15, -0.1) is 11.3 Å². The van der Waals surface area contributed by atoms with Crippen LogP contribution in [0.1, 0.15) is 67.8 Å². The first kappa shape index (κ1) is 20.9. The minimum absolute atomic E-state index is 0.0518. The Morgan fingerprint density at radius 2 is 1.92 bits per heavy atom. The molecule has 1 aliphatic rings. The Kier molecular flexibility index (Phi) is 8.10. The molecule has 0 bridgehead atoms. The van der Waals surface area contributed by atoms with E-state index in [0.29, 0.717) is 29.6 Å². The van der Waals surface area contributed by atoms with E-state index >= 15 is 0 Å². The highest BCUT2D eigenvalue weighted by Crippen LogP contribution is 2.40. The third kappa shape index (κ3) is 5.30. The second-order valence-electron chi connectivity index (χ2n) is 7.10. The molecule has 0 saturated carbocycles. The minimum Gasteiger partial charge on any atom is -0.462 e. The lowest BCUT2D eigenvalue weighted by Gasteiger charge is -2.20. The summed E-state index contributed by atoms with van der Waals surface area (Å²) in [5.74, 6) is 0.252. The Labute approximate surface area is 161 Å². The molecule has 0 aliphatic heterocycles. The smallest absolute Gasteiger partial charge is 0.341 e. The number of esters is 1. The SMILES string of the molecule is CCCN(CCC)CC(=O)Nc1sc2c(c1C(=O)OCC)CC[C@@H](C)C2. The van der Waals surface area contributed by atoms with Crippen LogP contribution in [0.15, 0.2) is 0 Å². The summed E-state index contributed by atoms with van der Waals surface area (Å²) in [5, 5.41) is 3.67. The fraction of sp³-hybridized carbons (Fsp3) is 0.700. The van der Waals surface area contributed by atoms with E-state index in [1.165, 1.54) is 4.88 Å². The van der Waals surface area contributed by atoms with Crippen molar-refractivity contribution in [2.45, 2.75) is 59.8 Å². The standard InChI is InChI=1S/C20H32N2O3S/c1-5-10-22(11-6-2)13-17(23)21-19-18(20(24)25-7-3)15-9-8-14(4)12-16(15)26-19/h14H,5-13H2,1-4H3,(H,21,23)/t14-/m1/s1. The number of rotatable bonds is 9. The summed E-state index contributed by atoms with van der Waals surface area (Å²) in [5.41, 5.74) is 1.67. The summed E-state index contributed by atoms with van der Waals surface area (Å²) in [7, 11) is 0. The van der Waals surface area contributed by atoms with Gasteiger partial charge in [-0.1, -0.05) is 20.8 Å². The van der Waals surface area contributed by atoms with Gasteiger partial charge in [0, 0.05) is 4.88 Å². The molecule has 0 radical (unpaired) electrons. The Balaban J connectivity index is 2.19. The van der Waals surface area contributed by atoms with Crippen molar-refractivity contribution in [1.29, 1.82) is 0 Å². The summed E-state index contributed by atoms with van der Waals surface area (Å²) in [6.45, 7) is 10.8. The quantitative estimate of drug-likeness (QED) is 0.655. The number of anilines is 1. The van der Waals surface area contributed by atoms with Crippen molar-refractivity contribution in [2.75, 3.05) is 31.6 Å². The topological polar surface area (TPSA) is 58.6 Å². The number of fused-ring (bicyclic) bond motifs is 1. The van der Waals surface area contributed by atoms with Crippen LogP contribution in [0, 0.1) is 5.92 Å². The first-order valence-electron chi connectivity index (χ1n) is 9.83. The van der Waals surface area contributed by atoms with Crippen molar-refractivity contribution in [3.8, 4) is 0 Å². The first-order valence-corrected chi connectivity index (χ1v) is 10.7. The maximum absolute atomic E-state index is 12.6. The van der Waals surface area contributed by atoms with Gasteiger partial charge in [0.1, 0.15) is 5.00 Å². The lowest BCUT2D eigenvalue weighted by molar-refractivity contribution is -0.117. The molecule has 26 heavy (non-hydrogen) atoms. The van der Waals surface area contributed by atoms with E-state index in [9.17, 15) is 9.59 Å². The molecular weight excluding hydrogens is 348 g/mol. The summed E-state index contributed by atoms with van der Waals surface area (Å²) < 4.78 is 5.27. The molecular formula is C20H32N2O3S. The molecule has 0 aromatic carbocycles. The summed E-state index contributed by atoms with van der Waals surface area (Å²) in [6, 6.07) is 0. The molecule has 1 aromatic heterocycles. The average Bonchev–Trinajstić information content (AvgIpc) is 2.92. The number of amides is 1. The van der Waals surface area contributed by atoms with E-state index in [-0.39, 0.29) is 11.9 Å². The monoisotopic (exact) mass is 380 g/mol. The van der Waals surface area contributed by atoms with Crippen LogP contribution < -0.4 is 5.32 Å². The van der Waals surface area contributed by atoms with E-state index in [0.717, 1.165) is 50.8 Å². The van der Waals surface area contributed by atoms with Gasteiger partial charge >= 0.3 is 5.97 Å². The number of hydrogen-bond donors (Lipinski definition) is 1. The van der Waals surface area contributed by atoms with Gasteiger partial charge in [0.2, 0.25) is 5.91 Å². The number of carbonyl (C=O) groups is 2. The molecule has 0 unspecified atom stereocenters. The highest BCUT2D eigenvalue weighted by molar-refractivity contribution is 7.17. The molecule has 5 nitrogen and oxygen atoms in total. The minimum atomic E-state index is -0.311. The van der Waals surface area contributed by atoms with Crippen LogP contribution in [-0.4, -0.2) is 43.0 Å². The summed E-state index contributed by atoms with van der Waals surface area (Å²) >= 11 is 1.55. The molecule has 0 saturated heterocycles. The second kappa shape index (κ2) is 10.1. The lowest BCUT2D eigenvalue weighted by atomic mass is 9.88. The van der Waals surface area contributed by atoms with Crippen LogP contribution in [0.5, 0.6) is 0 Å². The van der Waals surface area contributed by atoms with Gasteiger partial charge in [-0.3, -0.25) is 9.69 Å².